The molecule has 1 unspecified atom stereocenters. The minimum Gasteiger partial charge on any atom is -0.495 e. The van der Waals surface area contributed by atoms with Gasteiger partial charge in [0, 0.05) is 17.0 Å². The van der Waals surface area contributed by atoms with Crippen molar-refractivity contribution in [2.75, 3.05) is 21.3 Å². The lowest BCUT2D eigenvalue weighted by Crippen LogP contribution is -2.16. The first kappa shape index (κ1) is 25.3. The topological polar surface area (TPSA) is 36.9 Å². The smallest absolute Gasteiger partial charge is 0.168 e. The fourth-order valence-electron chi connectivity index (χ4n) is 3.41. The lowest BCUT2D eigenvalue weighted by molar-refractivity contribution is 0.303. The standard InChI is InChI=1S/C26H28BrClO4Si/c1-29-22-15-21(32-16-17-10-8-7-9-11-17)23-19(25(22)30-2)14-18(24(27)26(23)31-3)20(28)12-13-33(4,5)6/h7-11,14-15,20H,16H2,1-6H3. The number of halogens is 2. The van der Waals surface area contributed by atoms with E-state index in [1.807, 2.05) is 42.5 Å². The van der Waals surface area contributed by atoms with Crippen molar-refractivity contribution in [3.8, 4) is 34.5 Å². The highest BCUT2D eigenvalue weighted by Crippen LogP contribution is 2.50. The summed E-state index contributed by atoms with van der Waals surface area (Å²) in [7, 11) is 3.25. The van der Waals surface area contributed by atoms with Gasteiger partial charge in [-0.3, -0.25) is 0 Å². The predicted octanol–water partition coefficient (Wildman–Crippen LogP) is 7.37. The lowest BCUT2D eigenvalue weighted by Gasteiger charge is -2.20. The van der Waals surface area contributed by atoms with E-state index in [2.05, 4.69) is 47.0 Å². The SMILES string of the molecule is COc1cc(OCc2ccccc2)c2c(OC)c(Br)c(C(Cl)C#C[Si](C)(C)C)cc2c1OC. The molecule has 0 aliphatic heterocycles. The molecule has 0 radical (unpaired) electrons. The lowest BCUT2D eigenvalue weighted by atomic mass is 10.0. The molecule has 0 saturated heterocycles. The average molecular weight is 548 g/mol. The highest BCUT2D eigenvalue weighted by Gasteiger charge is 2.24. The van der Waals surface area contributed by atoms with Gasteiger partial charge in [-0.2, -0.15) is 0 Å². The van der Waals surface area contributed by atoms with E-state index in [9.17, 15) is 0 Å². The maximum absolute atomic E-state index is 6.76. The fraction of sp³-hybridized carbons (Fsp3) is 0.308. The first-order valence-corrected chi connectivity index (χ1v) is 15.2. The quantitative estimate of drug-likeness (QED) is 0.176. The fourth-order valence-corrected chi connectivity index (χ4v) is 5.14. The number of benzene rings is 3. The summed E-state index contributed by atoms with van der Waals surface area (Å²) in [6, 6.07) is 13.8. The van der Waals surface area contributed by atoms with Crippen LogP contribution in [0.4, 0.5) is 0 Å². The summed E-state index contributed by atoms with van der Waals surface area (Å²) in [5, 5.41) is 1.02. The van der Waals surface area contributed by atoms with Gasteiger partial charge >= 0.3 is 0 Å². The average Bonchev–Trinajstić information content (AvgIpc) is 2.80. The Hall–Kier alpha value is -2.33. The summed E-state index contributed by atoms with van der Waals surface area (Å²) in [6.07, 6.45) is 0. The first-order chi connectivity index (χ1) is 15.7. The van der Waals surface area contributed by atoms with Gasteiger partial charge in [0.25, 0.3) is 0 Å². The number of alkyl halides is 1. The first-order valence-electron chi connectivity index (χ1n) is 10.5. The number of fused-ring (bicyclic) bond motifs is 1. The van der Waals surface area contributed by atoms with E-state index < -0.39 is 13.5 Å². The molecule has 0 aliphatic carbocycles. The summed E-state index contributed by atoms with van der Waals surface area (Å²) < 4.78 is 24.2. The van der Waals surface area contributed by atoms with E-state index in [0.29, 0.717) is 29.6 Å². The second kappa shape index (κ2) is 10.7. The van der Waals surface area contributed by atoms with Crippen molar-refractivity contribution in [3.63, 3.8) is 0 Å². The third-order valence-corrected chi connectivity index (χ3v) is 6.99. The Balaban J connectivity index is 2.24. The zero-order chi connectivity index (χ0) is 24.2. The Morgan fingerprint density at radius 3 is 2.18 bits per heavy atom. The van der Waals surface area contributed by atoms with Crippen molar-refractivity contribution in [2.45, 2.75) is 31.6 Å². The maximum Gasteiger partial charge on any atom is 0.168 e. The van der Waals surface area contributed by atoms with E-state index in [1.54, 1.807) is 21.3 Å². The van der Waals surface area contributed by atoms with Gasteiger partial charge < -0.3 is 18.9 Å². The molecule has 0 heterocycles. The second-order valence-electron chi connectivity index (χ2n) is 8.50. The van der Waals surface area contributed by atoms with Crippen molar-refractivity contribution < 1.29 is 18.9 Å². The molecule has 7 heteroatoms. The highest BCUT2D eigenvalue weighted by molar-refractivity contribution is 9.10. The molecule has 33 heavy (non-hydrogen) atoms. The van der Waals surface area contributed by atoms with Gasteiger partial charge in [0.05, 0.1) is 31.2 Å². The molecule has 0 saturated carbocycles. The molecular weight excluding hydrogens is 520 g/mol. The molecular formula is C26H28BrClO4Si. The van der Waals surface area contributed by atoms with Crippen molar-refractivity contribution in [2.24, 2.45) is 0 Å². The molecule has 3 aromatic rings. The highest BCUT2D eigenvalue weighted by atomic mass is 79.9. The number of hydrogen-bond acceptors (Lipinski definition) is 4. The van der Waals surface area contributed by atoms with E-state index in [-0.39, 0.29) is 0 Å². The molecule has 4 nitrogen and oxygen atoms in total. The van der Waals surface area contributed by atoms with Gasteiger partial charge in [-0.05, 0) is 27.6 Å². The Kier molecular flexibility index (Phi) is 8.22. The second-order valence-corrected chi connectivity index (χ2v) is 14.5. The van der Waals surface area contributed by atoms with E-state index in [4.69, 9.17) is 30.5 Å². The molecule has 3 rings (SSSR count). The van der Waals surface area contributed by atoms with Crippen molar-refractivity contribution in [1.29, 1.82) is 0 Å². The van der Waals surface area contributed by atoms with Gasteiger partial charge in [0.15, 0.2) is 11.5 Å². The minimum atomic E-state index is -1.59. The summed E-state index contributed by atoms with van der Waals surface area (Å²) >= 11 is 10.5. The van der Waals surface area contributed by atoms with Crippen LogP contribution in [0.1, 0.15) is 16.5 Å². The Morgan fingerprint density at radius 1 is 0.939 bits per heavy atom. The van der Waals surface area contributed by atoms with Crippen LogP contribution < -0.4 is 18.9 Å². The molecule has 174 valence electrons. The normalized spacial score (nSPS) is 12.0. The van der Waals surface area contributed by atoms with Crippen molar-refractivity contribution in [1.82, 2.24) is 0 Å². The third-order valence-electron chi connectivity index (χ3n) is 4.94. The van der Waals surface area contributed by atoms with E-state index >= 15 is 0 Å². The van der Waals surface area contributed by atoms with Crippen LogP contribution in [0, 0.1) is 11.5 Å². The third kappa shape index (κ3) is 5.78. The van der Waals surface area contributed by atoms with Crippen molar-refractivity contribution >= 4 is 46.4 Å². The Labute approximate surface area is 210 Å². The van der Waals surface area contributed by atoms with Crippen LogP contribution >= 0.6 is 27.5 Å². The van der Waals surface area contributed by atoms with Gasteiger partial charge in [0.1, 0.15) is 31.6 Å². The van der Waals surface area contributed by atoms with Crippen LogP contribution in [-0.2, 0) is 6.61 Å². The van der Waals surface area contributed by atoms with Gasteiger partial charge in [-0.1, -0.05) is 55.9 Å². The monoisotopic (exact) mass is 546 g/mol. The molecule has 0 bridgehead atoms. The van der Waals surface area contributed by atoms with Crippen LogP contribution in [0.5, 0.6) is 23.0 Å². The van der Waals surface area contributed by atoms with Crippen LogP contribution in [0.2, 0.25) is 19.6 Å². The molecule has 0 amide bonds. The molecule has 0 N–H and O–H groups in total. The molecule has 0 aromatic heterocycles. The summed E-state index contributed by atoms with van der Waals surface area (Å²) in [6.45, 7) is 6.95. The van der Waals surface area contributed by atoms with Gasteiger partial charge in [0.2, 0.25) is 0 Å². The van der Waals surface area contributed by atoms with E-state index in [0.717, 1.165) is 26.4 Å². The van der Waals surface area contributed by atoms with Crippen LogP contribution in [-0.4, -0.2) is 29.4 Å². The van der Waals surface area contributed by atoms with Gasteiger partial charge in [-0.25, -0.2) is 0 Å². The Morgan fingerprint density at radius 2 is 1.61 bits per heavy atom. The minimum absolute atomic E-state index is 0.397. The van der Waals surface area contributed by atoms with Crippen molar-refractivity contribution in [3.05, 3.63) is 58.1 Å². The van der Waals surface area contributed by atoms with Crippen LogP contribution in [0.3, 0.4) is 0 Å². The van der Waals surface area contributed by atoms with E-state index in [1.165, 1.54) is 0 Å². The zero-order valence-corrected chi connectivity index (χ0v) is 23.1. The number of rotatable bonds is 7. The summed E-state index contributed by atoms with van der Waals surface area (Å²) in [4.78, 5) is 0. The molecule has 0 aliphatic rings. The summed E-state index contributed by atoms with van der Waals surface area (Å²) in [5.41, 5.74) is 5.20. The largest absolute Gasteiger partial charge is 0.495 e. The van der Waals surface area contributed by atoms with Crippen LogP contribution in [0.25, 0.3) is 10.8 Å². The van der Waals surface area contributed by atoms with Crippen LogP contribution in [0.15, 0.2) is 46.9 Å². The maximum atomic E-state index is 6.76. The molecule has 0 spiro atoms. The predicted molar refractivity (Wildman–Crippen MR) is 142 cm³/mol. The van der Waals surface area contributed by atoms with Gasteiger partial charge in [-0.15, -0.1) is 17.1 Å². The Bertz CT molecular complexity index is 1200. The number of ether oxygens (including phenoxy) is 4. The number of methoxy groups -OCH3 is 3. The molecule has 0 fully saturated rings. The zero-order valence-electron chi connectivity index (χ0n) is 19.7. The molecule has 3 aromatic carbocycles. The number of hydrogen-bond donors (Lipinski definition) is 0. The molecule has 1 atom stereocenters. The summed E-state index contributed by atoms with van der Waals surface area (Å²) in [5.74, 6) is 5.57.